The average molecular weight is 253 g/mol. The Balaban J connectivity index is 1.84. The second kappa shape index (κ2) is 5.68. The van der Waals surface area contributed by atoms with Gasteiger partial charge in [0.15, 0.2) is 5.76 Å². The van der Waals surface area contributed by atoms with Crippen LogP contribution in [0.15, 0.2) is 16.5 Å². The van der Waals surface area contributed by atoms with Gasteiger partial charge >= 0.3 is 5.97 Å². The molecule has 0 aromatic carbocycles. The quantitative estimate of drug-likeness (QED) is 0.810. The fourth-order valence-electron chi connectivity index (χ4n) is 1.84. The van der Waals surface area contributed by atoms with E-state index in [1.54, 1.807) is 0 Å². The minimum Gasteiger partial charge on any atom is -0.481 e. The molecule has 1 aromatic rings. The van der Waals surface area contributed by atoms with Gasteiger partial charge in [-0.25, -0.2) is 0 Å². The molecule has 1 atom stereocenters. The molecule has 2 N–H and O–H groups in total. The van der Waals surface area contributed by atoms with Crippen molar-refractivity contribution < 1.29 is 23.8 Å². The van der Waals surface area contributed by atoms with Gasteiger partial charge in [0.2, 0.25) is 0 Å². The summed E-state index contributed by atoms with van der Waals surface area (Å²) in [5.74, 6) is -0.938. The molecule has 0 bridgehead atoms. The summed E-state index contributed by atoms with van der Waals surface area (Å²) in [6.45, 7) is 1.19. The van der Waals surface area contributed by atoms with Crippen LogP contribution < -0.4 is 5.32 Å². The molecule has 2 rings (SSSR count). The SMILES string of the molecule is O=C(O)Cc1ccc(C(=O)NCC2CCCO2)o1. The maximum atomic E-state index is 11.7. The molecule has 98 valence electrons. The molecule has 0 saturated carbocycles. The highest BCUT2D eigenvalue weighted by Crippen LogP contribution is 2.12. The lowest BCUT2D eigenvalue weighted by Gasteiger charge is -2.09. The average Bonchev–Trinajstić information content (AvgIpc) is 2.95. The van der Waals surface area contributed by atoms with E-state index in [1.807, 2.05) is 0 Å². The molecule has 1 amide bonds. The van der Waals surface area contributed by atoms with E-state index in [-0.39, 0.29) is 30.0 Å². The van der Waals surface area contributed by atoms with Crippen molar-refractivity contribution in [1.29, 1.82) is 0 Å². The summed E-state index contributed by atoms with van der Waals surface area (Å²) in [5.41, 5.74) is 0. The van der Waals surface area contributed by atoms with E-state index < -0.39 is 5.97 Å². The van der Waals surface area contributed by atoms with E-state index in [1.165, 1.54) is 12.1 Å². The summed E-state index contributed by atoms with van der Waals surface area (Å²) in [4.78, 5) is 22.2. The van der Waals surface area contributed by atoms with Crippen LogP contribution in [-0.4, -0.2) is 36.2 Å². The molecule has 0 radical (unpaired) electrons. The van der Waals surface area contributed by atoms with Crippen molar-refractivity contribution in [2.45, 2.75) is 25.4 Å². The van der Waals surface area contributed by atoms with E-state index in [2.05, 4.69) is 5.32 Å². The molecule has 1 aliphatic rings. The molecule has 1 saturated heterocycles. The van der Waals surface area contributed by atoms with Crippen LogP contribution in [0.4, 0.5) is 0 Å². The van der Waals surface area contributed by atoms with Crippen LogP contribution in [-0.2, 0) is 16.0 Å². The highest BCUT2D eigenvalue weighted by atomic mass is 16.5. The third kappa shape index (κ3) is 3.33. The number of aliphatic carboxylic acids is 1. The van der Waals surface area contributed by atoms with Gasteiger partial charge < -0.3 is 19.6 Å². The largest absolute Gasteiger partial charge is 0.481 e. The van der Waals surface area contributed by atoms with Gasteiger partial charge in [-0.15, -0.1) is 0 Å². The Morgan fingerprint density at radius 2 is 2.28 bits per heavy atom. The number of hydrogen-bond donors (Lipinski definition) is 2. The van der Waals surface area contributed by atoms with Gasteiger partial charge in [-0.1, -0.05) is 0 Å². The van der Waals surface area contributed by atoms with Gasteiger partial charge in [0.25, 0.3) is 5.91 Å². The van der Waals surface area contributed by atoms with Crippen molar-refractivity contribution in [2.75, 3.05) is 13.2 Å². The third-order valence-corrected chi connectivity index (χ3v) is 2.73. The summed E-state index contributed by atoms with van der Waals surface area (Å²) in [6, 6.07) is 2.97. The number of carboxylic acid groups (broad SMARTS) is 1. The van der Waals surface area contributed by atoms with Crippen molar-refractivity contribution in [3.8, 4) is 0 Å². The lowest BCUT2D eigenvalue weighted by molar-refractivity contribution is -0.136. The number of furan rings is 1. The van der Waals surface area contributed by atoms with Crippen LogP contribution in [0.5, 0.6) is 0 Å². The molecule has 1 aromatic heterocycles. The summed E-state index contributed by atoms with van der Waals surface area (Å²) < 4.78 is 10.5. The molecule has 2 heterocycles. The fourth-order valence-corrected chi connectivity index (χ4v) is 1.84. The number of rotatable bonds is 5. The smallest absolute Gasteiger partial charge is 0.311 e. The van der Waals surface area contributed by atoms with E-state index in [0.717, 1.165) is 19.4 Å². The van der Waals surface area contributed by atoms with Gasteiger partial charge in [0.05, 0.1) is 6.10 Å². The first-order chi connectivity index (χ1) is 8.65. The first-order valence-corrected chi connectivity index (χ1v) is 5.85. The number of carbonyl (C=O) groups is 2. The Labute approximate surface area is 104 Å². The molecule has 18 heavy (non-hydrogen) atoms. The van der Waals surface area contributed by atoms with Gasteiger partial charge in [-0.3, -0.25) is 9.59 Å². The molecule has 6 nitrogen and oxygen atoms in total. The van der Waals surface area contributed by atoms with Crippen molar-refractivity contribution in [2.24, 2.45) is 0 Å². The second-order valence-electron chi connectivity index (χ2n) is 4.18. The molecule has 6 heteroatoms. The van der Waals surface area contributed by atoms with E-state index in [0.29, 0.717) is 6.54 Å². The number of ether oxygens (including phenoxy) is 1. The van der Waals surface area contributed by atoms with Crippen LogP contribution in [0.25, 0.3) is 0 Å². The summed E-state index contributed by atoms with van der Waals surface area (Å²) in [6.07, 6.45) is 1.81. The number of carboxylic acids is 1. The van der Waals surface area contributed by atoms with Crippen LogP contribution in [0.2, 0.25) is 0 Å². The zero-order valence-corrected chi connectivity index (χ0v) is 9.85. The van der Waals surface area contributed by atoms with E-state index in [9.17, 15) is 9.59 Å². The van der Waals surface area contributed by atoms with Crippen molar-refractivity contribution in [3.63, 3.8) is 0 Å². The van der Waals surface area contributed by atoms with Crippen molar-refractivity contribution >= 4 is 11.9 Å². The Kier molecular flexibility index (Phi) is 3.99. The molecular weight excluding hydrogens is 238 g/mol. The number of carbonyl (C=O) groups excluding carboxylic acids is 1. The maximum Gasteiger partial charge on any atom is 0.311 e. The normalized spacial score (nSPS) is 18.8. The zero-order valence-electron chi connectivity index (χ0n) is 9.85. The van der Waals surface area contributed by atoms with Crippen LogP contribution in [0.3, 0.4) is 0 Å². The van der Waals surface area contributed by atoms with Crippen LogP contribution in [0.1, 0.15) is 29.2 Å². The van der Waals surface area contributed by atoms with Crippen LogP contribution in [0, 0.1) is 0 Å². The molecule has 1 fully saturated rings. The highest BCUT2D eigenvalue weighted by Gasteiger charge is 2.18. The molecule has 0 spiro atoms. The fraction of sp³-hybridized carbons (Fsp3) is 0.500. The van der Waals surface area contributed by atoms with Gasteiger partial charge in [0.1, 0.15) is 12.2 Å². The van der Waals surface area contributed by atoms with Gasteiger partial charge in [0, 0.05) is 13.2 Å². The number of nitrogens with one attached hydrogen (secondary N) is 1. The summed E-state index contributed by atoms with van der Waals surface area (Å²) in [7, 11) is 0. The summed E-state index contributed by atoms with van der Waals surface area (Å²) in [5, 5.41) is 11.3. The highest BCUT2D eigenvalue weighted by molar-refractivity contribution is 5.91. The Morgan fingerprint density at radius 1 is 1.44 bits per heavy atom. The molecule has 0 aliphatic carbocycles. The Morgan fingerprint density at radius 3 is 2.94 bits per heavy atom. The Bertz CT molecular complexity index is 433. The Hall–Kier alpha value is -1.82. The standard InChI is InChI=1S/C12H15NO5/c14-11(15)6-8-3-4-10(18-8)12(16)13-7-9-2-1-5-17-9/h3-4,9H,1-2,5-7H2,(H,13,16)(H,14,15). The van der Waals surface area contributed by atoms with E-state index in [4.69, 9.17) is 14.3 Å². The first kappa shape index (κ1) is 12.6. The molecular formula is C12H15NO5. The monoisotopic (exact) mass is 253 g/mol. The third-order valence-electron chi connectivity index (χ3n) is 2.73. The zero-order chi connectivity index (χ0) is 13.0. The van der Waals surface area contributed by atoms with Gasteiger partial charge in [-0.05, 0) is 25.0 Å². The van der Waals surface area contributed by atoms with Gasteiger partial charge in [-0.2, -0.15) is 0 Å². The maximum absolute atomic E-state index is 11.7. The minimum atomic E-state index is -0.990. The first-order valence-electron chi connectivity index (χ1n) is 5.85. The van der Waals surface area contributed by atoms with Crippen molar-refractivity contribution in [1.82, 2.24) is 5.32 Å². The predicted molar refractivity (Wildman–Crippen MR) is 61.4 cm³/mol. The van der Waals surface area contributed by atoms with Crippen LogP contribution >= 0.6 is 0 Å². The number of amides is 1. The molecule has 1 aliphatic heterocycles. The summed E-state index contributed by atoms with van der Waals surface area (Å²) >= 11 is 0. The molecule has 1 unspecified atom stereocenters. The van der Waals surface area contributed by atoms with E-state index >= 15 is 0 Å². The minimum absolute atomic E-state index is 0.0717. The lowest BCUT2D eigenvalue weighted by atomic mass is 10.2. The predicted octanol–water partition coefficient (Wildman–Crippen LogP) is 0.816. The van der Waals surface area contributed by atoms with Crippen molar-refractivity contribution in [3.05, 3.63) is 23.7 Å². The topological polar surface area (TPSA) is 88.8 Å². The lowest BCUT2D eigenvalue weighted by Crippen LogP contribution is -2.31. The second-order valence-corrected chi connectivity index (χ2v) is 4.18. The number of hydrogen-bond acceptors (Lipinski definition) is 4.